The average molecular weight is 428 g/mol. The Bertz CT molecular complexity index is 1240. The summed E-state index contributed by atoms with van der Waals surface area (Å²) < 4.78 is 0. The molecule has 32 heavy (non-hydrogen) atoms. The van der Waals surface area contributed by atoms with Crippen LogP contribution in [0.4, 0.5) is 0 Å². The van der Waals surface area contributed by atoms with Gasteiger partial charge in [0.1, 0.15) is 0 Å². The van der Waals surface area contributed by atoms with Crippen LogP contribution in [0.15, 0.2) is 59.0 Å². The van der Waals surface area contributed by atoms with Gasteiger partial charge in [-0.3, -0.25) is 9.59 Å². The third-order valence-corrected chi connectivity index (χ3v) is 5.38. The van der Waals surface area contributed by atoms with Gasteiger partial charge in [0.05, 0.1) is 12.4 Å². The molecular formula is C24H24N6O2. The highest BCUT2D eigenvalue weighted by Crippen LogP contribution is 2.21. The van der Waals surface area contributed by atoms with E-state index in [1.54, 1.807) is 0 Å². The van der Waals surface area contributed by atoms with E-state index in [1.807, 2.05) is 36.7 Å². The molecule has 0 aliphatic rings. The zero-order valence-corrected chi connectivity index (χ0v) is 17.9. The quantitative estimate of drug-likeness (QED) is 0.214. The van der Waals surface area contributed by atoms with E-state index in [1.165, 1.54) is 23.6 Å². The fraction of sp³-hybridized carbons (Fsp3) is 0.167. The van der Waals surface area contributed by atoms with Gasteiger partial charge in [-0.15, -0.1) is 0 Å². The zero-order chi connectivity index (χ0) is 22.5. The van der Waals surface area contributed by atoms with E-state index in [-0.39, 0.29) is 0 Å². The first kappa shape index (κ1) is 21.0. The lowest BCUT2D eigenvalue weighted by atomic mass is 10.1. The second kappa shape index (κ2) is 9.30. The van der Waals surface area contributed by atoms with Crippen LogP contribution in [0.5, 0.6) is 0 Å². The van der Waals surface area contributed by atoms with Crippen LogP contribution < -0.4 is 10.9 Å². The summed E-state index contributed by atoms with van der Waals surface area (Å²) in [6.45, 7) is 4.18. The van der Waals surface area contributed by atoms with Gasteiger partial charge in [0.25, 0.3) is 0 Å². The monoisotopic (exact) mass is 428 g/mol. The molecule has 162 valence electrons. The third kappa shape index (κ3) is 4.15. The van der Waals surface area contributed by atoms with Crippen molar-refractivity contribution in [2.75, 3.05) is 0 Å². The predicted molar refractivity (Wildman–Crippen MR) is 127 cm³/mol. The predicted octanol–water partition coefficient (Wildman–Crippen LogP) is 3.37. The minimum Gasteiger partial charge on any atom is -0.360 e. The van der Waals surface area contributed by atoms with Crippen molar-refractivity contribution in [2.45, 2.75) is 26.7 Å². The van der Waals surface area contributed by atoms with Gasteiger partial charge in [0.2, 0.25) is 0 Å². The fourth-order valence-corrected chi connectivity index (χ4v) is 3.70. The Morgan fingerprint density at radius 3 is 1.62 bits per heavy atom. The summed E-state index contributed by atoms with van der Waals surface area (Å²) in [5.41, 5.74) is 10.6. The summed E-state index contributed by atoms with van der Waals surface area (Å²) >= 11 is 0. The molecule has 4 N–H and O–H groups in total. The smallest absolute Gasteiger partial charge is 0.331 e. The number of hydrogen-bond donors (Lipinski definition) is 4. The minimum atomic E-state index is -0.903. The molecule has 0 saturated heterocycles. The molecule has 2 aromatic carbocycles. The molecule has 4 rings (SSSR count). The number of aryl methyl sites for hydroxylation is 2. The van der Waals surface area contributed by atoms with Crippen LogP contribution in [0.1, 0.15) is 36.1 Å². The first-order chi connectivity index (χ1) is 15.6. The molecule has 0 radical (unpaired) electrons. The first-order valence-electron chi connectivity index (χ1n) is 10.5. The SMILES string of the molecule is CCc1cccc2c(C=NNC(=O)C(=O)NN=Cc3c[nH]c4c(CC)cccc34)c[nH]c12. The zero-order valence-electron chi connectivity index (χ0n) is 17.9. The number of aromatic nitrogens is 2. The molecular weight excluding hydrogens is 404 g/mol. The normalized spacial score (nSPS) is 11.7. The second-order valence-corrected chi connectivity index (χ2v) is 7.27. The van der Waals surface area contributed by atoms with Gasteiger partial charge in [-0.2, -0.15) is 10.2 Å². The molecule has 8 heteroatoms. The molecule has 0 aliphatic carbocycles. The first-order valence-corrected chi connectivity index (χ1v) is 10.5. The van der Waals surface area contributed by atoms with Crippen LogP contribution in [-0.2, 0) is 22.4 Å². The van der Waals surface area contributed by atoms with E-state index < -0.39 is 11.8 Å². The highest BCUT2D eigenvalue weighted by molar-refractivity contribution is 6.35. The average Bonchev–Trinajstić information content (AvgIpc) is 3.43. The van der Waals surface area contributed by atoms with Gasteiger partial charge < -0.3 is 9.97 Å². The van der Waals surface area contributed by atoms with Gasteiger partial charge in [-0.1, -0.05) is 50.2 Å². The molecule has 0 bridgehead atoms. The maximum atomic E-state index is 12.0. The summed E-state index contributed by atoms with van der Waals surface area (Å²) in [6.07, 6.45) is 8.45. The van der Waals surface area contributed by atoms with Gasteiger partial charge in [0.15, 0.2) is 0 Å². The Balaban J connectivity index is 1.36. The molecule has 4 aromatic rings. The van der Waals surface area contributed by atoms with E-state index in [0.29, 0.717) is 0 Å². The highest BCUT2D eigenvalue weighted by atomic mass is 16.2. The van der Waals surface area contributed by atoms with Crippen LogP contribution in [0.2, 0.25) is 0 Å². The van der Waals surface area contributed by atoms with Gasteiger partial charge in [-0.05, 0) is 24.0 Å². The number of fused-ring (bicyclic) bond motifs is 2. The number of para-hydroxylation sites is 2. The van der Waals surface area contributed by atoms with Crippen LogP contribution in [0.25, 0.3) is 21.8 Å². The molecule has 0 unspecified atom stereocenters. The summed E-state index contributed by atoms with van der Waals surface area (Å²) in [4.78, 5) is 30.4. The van der Waals surface area contributed by atoms with Crippen molar-refractivity contribution in [1.29, 1.82) is 0 Å². The van der Waals surface area contributed by atoms with Crippen LogP contribution in [-0.4, -0.2) is 34.2 Å². The number of amides is 2. The molecule has 0 saturated carbocycles. The molecule has 0 spiro atoms. The molecule has 2 heterocycles. The number of carbonyl (C=O) groups is 2. The van der Waals surface area contributed by atoms with Crippen molar-refractivity contribution < 1.29 is 9.59 Å². The maximum Gasteiger partial charge on any atom is 0.331 e. The number of nitrogens with zero attached hydrogens (tertiary/aromatic N) is 2. The molecule has 8 nitrogen and oxygen atoms in total. The van der Waals surface area contributed by atoms with Gasteiger partial charge in [0, 0.05) is 45.3 Å². The Labute approximate surface area is 184 Å². The fourth-order valence-electron chi connectivity index (χ4n) is 3.70. The minimum absolute atomic E-state index is 0.819. The van der Waals surface area contributed by atoms with E-state index in [4.69, 9.17) is 0 Å². The van der Waals surface area contributed by atoms with Crippen molar-refractivity contribution in [3.63, 3.8) is 0 Å². The van der Waals surface area contributed by atoms with Crippen LogP contribution >= 0.6 is 0 Å². The lowest BCUT2D eigenvalue weighted by Crippen LogP contribution is -2.35. The number of benzene rings is 2. The number of aromatic amines is 2. The van der Waals surface area contributed by atoms with Crippen molar-refractivity contribution >= 4 is 46.0 Å². The number of hydrazone groups is 2. The summed E-state index contributed by atoms with van der Waals surface area (Å²) in [7, 11) is 0. The Hall–Kier alpha value is -4.20. The maximum absolute atomic E-state index is 12.0. The number of rotatable bonds is 6. The van der Waals surface area contributed by atoms with Crippen molar-refractivity contribution in [3.05, 3.63) is 71.0 Å². The summed E-state index contributed by atoms with van der Waals surface area (Å²) in [5, 5.41) is 9.79. The van der Waals surface area contributed by atoms with E-state index in [9.17, 15) is 9.59 Å². The Morgan fingerprint density at radius 2 is 1.22 bits per heavy atom. The third-order valence-electron chi connectivity index (χ3n) is 5.38. The second-order valence-electron chi connectivity index (χ2n) is 7.27. The van der Waals surface area contributed by atoms with E-state index >= 15 is 0 Å². The molecule has 2 amide bonds. The molecule has 0 atom stereocenters. The van der Waals surface area contributed by atoms with E-state index in [0.717, 1.165) is 45.8 Å². The highest BCUT2D eigenvalue weighted by Gasteiger charge is 2.12. The van der Waals surface area contributed by atoms with Gasteiger partial charge in [-0.25, -0.2) is 10.9 Å². The van der Waals surface area contributed by atoms with E-state index in [2.05, 4.69) is 57.0 Å². The Kier molecular flexibility index (Phi) is 6.12. The molecule has 0 fully saturated rings. The summed E-state index contributed by atoms with van der Waals surface area (Å²) in [5.74, 6) is -1.81. The van der Waals surface area contributed by atoms with Crippen molar-refractivity contribution in [1.82, 2.24) is 20.8 Å². The van der Waals surface area contributed by atoms with Gasteiger partial charge >= 0.3 is 11.8 Å². The Morgan fingerprint density at radius 1 is 0.781 bits per heavy atom. The number of H-pyrrole nitrogens is 2. The number of hydrogen-bond acceptors (Lipinski definition) is 4. The topological polar surface area (TPSA) is 114 Å². The lowest BCUT2D eigenvalue weighted by Gasteiger charge is -2.00. The van der Waals surface area contributed by atoms with Crippen LogP contribution in [0, 0.1) is 0 Å². The van der Waals surface area contributed by atoms with Crippen molar-refractivity contribution in [3.8, 4) is 0 Å². The number of carbonyl (C=O) groups excluding carboxylic acids is 2. The standard InChI is InChI=1S/C24H24N6O2/c1-3-15-7-5-9-19-17(11-25-21(15)19)13-27-29-23(31)24(32)30-28-14-18-12-26-22-16(4-2)8-6-10-20(18)22/h5-14,25-26H,3-4H2,1-2H3,(H,29,31)(H,30,32). The number of nitrogens with one attached hydrogen (secondary N) is 4. The summed E-state index contributed by atoms with van der Waals surface area (Å²) in [6, 6.07) is 12.0. The largest absolute Gasteiger partial charge is 0.360 e. The molecule has 2 aromatic heterocycles. The van der Waals surface area contributed by atoms with Crippen LogP contribution in [0.3, 0.4) is 0 Å². The lowest BCUT2D eigenvalue weighted by molar-refractivity contribution is -0.139. The van der Waals surface area contributed by atoms with Crippen molar-refractivity contribution in [2.24, 2.45) is 10.2 Å². The molecule has 0 aliphatic heterocycles.